The van der Waals surface area contributed by atoms with E-state index in [0.717, 1.165) is 52.0 Å². The van der Waals surface area contributed by atoms with Crippen molar-refractivity contribution >= 4 is 29.9 Å². The Morgan fingerprint density at radius 1 is 1.03 bits per heavy atom. The average molecular weight is 533 g/mol. The van der Waals surface area contributed by atoms with E-state index in [1.807, 2.05) is 0 Å². The first-order valence-electron chi connectivity index (χ1n) is 12.3. The number of halogens is 1. The number of hydrogen-bond acceptors (Lipinski definition) is 4. The number of ether oxygens (including phenoxy) is 2. The maximum Gasteiger partial charge on any atom is 0.191 e. The Balaban J connectivity index is 0.00000218. The fourth-order valence-electron chi connectivity index (χ4n) is 6.97. The van der Waals surface area contributed by atoms with E-state index in [9.17, 15) is 0 Å². The lowest BCUT2D eigenvalue weighted by Crippen LogP contribution is -2.72. The molecule has 0 aromatic rings. The summed E-state index contributed by atoms with van der Waals surface area (Å²) in [4.78, 5) is 7.91. The van der Waals surface area contributed by atoms with Gasteiger partial charge in [0.25, 0.3) is 0 Å². The summed E-state index contributed by atoms with van der Waals surface area (Å²) in [6.45, 7) is 8.82. The third-order valence-electron chi connectivity index (χ3n) is 8.67. The highest BCUT2D eigenvalue weighted by atomic mass is 127. The molecule has 5 rings (SSSR count). The number of morpholine rings is 1. The maximum atomic E-state index is 6.11. The van der Waals surface area contributed by atoms with E-state index >= 15 is 0 Å². The first kappa shape index (κ1) is 23.1. The lowest BCUT2D eigenvalue weighted by Gasteiger charge is -2.63. The molecule has 30 heavy (non-hydrogen) atoms. The van der Waals surface area contributed by atoms with Crippen molar-refractivity contribution in [1.82, 2.24) is 15.5 Å². The van der Waals surface area contributed by atoms with Gasteiger partial charge in [-0.05, 0) is 39.0 Å². The molecule has 0 bridgehead atoms. The van der Waals surface area contributed by atoms with Crippen LogP contribution in [-0.4, -0.2) is 74.5 Å². The minimum atomic E-state index is 0. The fourth-order valence-corrected chi connectivity index (χ4v) is 6.97. The van der Waals surface area contributed by atoms with Gasteiger partial charge in [-0.15, -0.1) is 24.0 Å². The van der Waals surface area contributed by atoms with Gasteiger partial charge in [0.1, 0.15) is 0 Å². The second kappa shape index (κ2) is 9.79. The van der Waals surface area contributed by atoms with Crippen LogP contribution in [0.25, 0.3) is 0 Å². The van der Waals surface area contributed by atoms with Crippen molar-refractivity contribution in [3.63, 3.8) is 0 Å². The van der Waals surface area contributed by atoms with Crippen LogP contribution in [0.1, 0.15) is 64.7 Å². The van der Waals surface area contributed by atoms with Gasteiger partial charge in [0.05, 0.1) is 25.9 Å². The molecule has 172 valence electrons. The molecule has 0 aromatic heterocycles. The van der Waals surface area contributed by atoms with Crippen LogP contribution in [0.15, 0.2) is 4.99 Å². The molecule has 2 saturated heterocycles. The topological polar surface area (TPSA) is 58.1 Å². The highest BCUT2D eigenvalue weighted by Crippen LogP contribution is 2.62. The van der Waals surface area contributed by atoms with E-state index in [4.69, 9.17) is 14.5 Å². The molecule has 1 spiro atoms. The monoisotopic (exact) mass is 532 g/mol. The largest absolute Gasteiger partial charge is 0.379 e. The minimum Gasteiger partial charge on any atom is -0.379 e. The zero-order valence-corrected chi connectivity index (χ0v) is 21.0. The van der Waals surface area contributed by atoms with Crippen LogP contribution in [0.3, 0.4) is 0 Å². The summed E-state index contributed by atoms with van der Waals surface area (Å²) in [7, 11) is 0. The molecular formula is C23H41IN4O2. The summed E-state index contributed by atoms with van der Waals surface area (Å²) in [5.41, 5.74) is 0.626. The van der Waals surface area contributed by atoms with Crippen LogP contribution in [0.2, 0.25) is 0 Å². The predicted molar refractivity (Wildman–Crippen MR) is 131 cm³/mol. The molecule has 2 heterocycles. The molecule has 2 N–H and O–H groups in total. The number of rotatable bonds is 5. The Morgan fingerprint density at radius 2 is 1.80 bits per heavy atom. The zero-order valence-electron chi connectivity index (χ0n) is 18.7. The molecule has 5 aliphatic rings. The second-order valence-corrected chi connectivity index (χ2v) is 10.0. The van der Waals surface area contributed by atoms with Gasteiger partial charge in [-0.1, -0.05) is 25.7 Å². The van der Waals surface area contributed by atoms with Gasteiger partial charge in [-0.2, -0.15) is 0 Å². The third-order valence-corrected chi connectivity index (χ3v) is 8.67. The van der Waals surface area contributed by atoms with Crippen LogP contribution in [0, 0.1) is 11.3 Å². The van der Waals surface area contributed by atoms with Crippen LogP contribution < -0.4 is 10.6 Å². The van der Waals surface area contributed by atoms with Crippen molar-refractivity contribution in [1.29, 1.82) is 0 Å². The van der Waals surface area contributed by atoms with E-state index in [1.165, 1.54) is 57.8 Å². The van der Waals surface area contributed by atoms with Crippen molar-refractivity contribution in [2.24, 2.45) is 16.3 Å². The van der Waals surface area contributed by atoms with E-state index < -0.39 is 0 Å². The number of fused-ring (bicyclic) bond motifs is 2. The number of aliphatic imine (C=N–C) groups is 1. The molecule has 3 aliphatic carbocycles. The van der Waals surface area contributed by atoms with Crippen LogP contribution >= 0.6 is 24.0 Å². The van der Waals surface area contributed by atoms with Gasteiger partial charge in [0.2, 0.25) is 0 Å². The van der Waals surface area contributed by atoms with Crippen molar-refractivity contribution in [3.05, 3.63) is 0 Å². The number of nitrogens with zero attached hydrogens (tertiary/aromatic N) is 2. The van der Waals surface area contributed by atoms with Crippen molar-refractivity contribution in [2.75, 3.05) is 46.0 Å². The standard InChI is InChI=1S/C23H40N4O2.HI/c1-2-24-21(26-19-18-7-14-29-20(18)23(19)10-6-11-23)25-17-22(8-4-3-5-9-22)27-12-15-28-16-13-27;/h18-20H,2-17H2,1H3,(H2,24,25,26);1H. The van der Waals surface area contributed by atoms with Gasteiger partial charge in [-0.3, -0.25) is 9.89 Å². The molecule has 3 unspecified atom stereocenters. The van der Waals surface area contributed by atoms with Gasteiger partial charge in [-0.25, -0.2) is 0 Å². The van der Waals surface area contributed by atoms with Crippen LogP contribution in [0.5, 0.6) is 0 Å². The van der Waals surface area contributed by atoms with Crippen LogP contribution in [0.4, 0.5) is 0 Å². The SMILES string of the molecule is CCNC(=NCC1(N2CCOCC2)CCCCC1)NC1C2CCOC2C12CCC2.I. The smallest absolute Gasteiger partial charge is 0.191 e. The lowest BCUT2D eigenvalue weighted by molar-refractivity contribution is -0.171. The lowest BCUT2D eigenvalue weighted by atomic mass is 9.46. The third kappa shape index (κ3) is 4.01. The summed E-state index contributed by atoms with van der Waals surface area (Å²) in [6, 6.07) is 0.548. The van der Waals surface area contributed by atoms with E-state index in [2.05, 4.69) is 22.5 Å². The van der Waals surface area contributed by atoms with E-state index in [-0.39, 0.29) is 29.5 Å². The van der Waals surface area contributed by atoms with Gasteiger partial charge in [0, 0.05) is 49.2 Å². The maximum absolute atomic E-state index is 6.11. The van der Waals surface area contributed by atoms with E-state index in [0.29, 0.717) is 23.5 Å². The summed E-state index contributed by atoms with van der Waals surface area (Å²) in [6.07, 6.45) is 12.3. The normalized spacial score (nSPS) is 35.0. The summed E-state index contributed by atoms with van der Waals surface area (Å²) in [5, 5.41) is 7.46. The molecule has 3 atom stereocenters. The molecule has 0 aromatic carbocycles. The Morgan fingerprint density at radius 3 is 2.47 bits per heavy atom. The Kier molecular flexibility index (Phi) is 7.52. The molecule has 3 saturated carbocycles. The molecule has 6 nitrogen and oxygen atoms in total. The molecule has 5 fully saturated rings. The van der Waals surface area contributed by atoms with Gasteiger partial charge < -0.3 is 20.1 Å². The zero-order chi connectivity index (χ0) is 19.7. The highest BCUT2D eigenvalue weighted by Gasteiger charge is 2.66. The van der Waals surface area contributed by atoms with Gasteiger partial charge in [0.15, 0.2) is 5.96 Å². The average Bonchev–Trinajstić information content (AvgIpc) is 3.15. The molecule has 2 aliphatic heterocycles. The first-order valence-corrected chi connectivity index (χ1v) is 12.3. The minimum absolute atomic E-state index is 0. The van der Waals surface area contributed by atoms with Crippen LogP contribution in [-0.2, 0) is 9.47 Å². The summed E-state index contributed by atoms with van der Waals surface area (Å²) >= 11 is 0. The number of guanidine groups is 1. The first-order chi connectivity index (χ1) is 14.3. The fraction of sp³-hybridized carbons (Fsp3) is 0.957. The van der Waals surface area contributed by atoms with E-state index in [1.54, 1.807) is 0 Å². The highest BCUT2D eigenvalue weighted by molar-refractivity contribution is 14.0. The number of hydrogen-bond donors (Lipinski definition) is 2. The Labute approximate surface area is 199 Å². The summed E-state index contributed by atoms with van der Waals surface area (Å²) in [5.74, 6) is 1.72. The predicted octanol–water partition coefficient (Wildman–Crippen LogP) is 3.15. The second-order valence-electron chi connectivity index (χ2n) is 10.0. The molecule has 0 radical (unpaired) electrons. The van der Waals surface area contributed by atoms with Crippen molar-refractivity contribution in [3.8, 4) is 0 Å². The number of nitrogens with one attached hydrogen (secondary N) is 2. The Hall–Kier alpha value is -0.120. The summed E-state index contributed by atoms with van der Waals surface area (Å²) < 4.78 is 11.8. The molecular weight excluding hydrogens is 491 g/mol. The Bertz CT molecular complexity index is 600. The quantitative estimate of drug-likeness (QED) is 0.324. The van der Waals surface area contributed by atoms with Crippen molar-refractivity contribution in [2.45, 2.75) is 82.4 Å². The van der Waals surface area contributed by atoms with Crippen molar-refractivity contribution < 1.29 is 9.47 Å². The van der Waals surface area contributed by atoms with Gasteiger partial charge >= 0.3 is 0 Å². The molecule has 0 amide bonds. The molecule has 7 heteroatoms.